The molecule has 0 amide bonds. The van der Waals surface area contributed by atoms with E-state index in [1.807, 2.05) is 25.4 Å². The molecule has 1 saturated heterocycles. The number of aryl methyl sites for hydroxylation is 1. The second-order valence-electron chi connectivity index (χ2n) is 6.72. The van der Waals surface area contributed by atoms with Gasteiger partial charge in [0.15, 0.2) is 5.82 Å². The van der Waals surface area contributed by atoms with E-state index in [4.69, 9.17) is 0 Å². The van der Waals surface area contributed by atoms with Crippen molar-refractivity contribution >= 4 is 0 Å². The molecular weight excluding hydrogens is 312 g/mol. The summed E-state index contributed by atoms with van der Waals surface area (Å²) in [6.45, 7) is 5.14. The summed E-state index contributed by atoms with van der Waals surface area (Å²) in [5.74, 6) is 1.44. The molecule has 4 rings (SSSR count). The van der Waals surface area contributed by atoms with Crippen molar-refractivity contribution in [2.24, 2.45) is 5.92 Å². The summed E-state index contributed by atoms with van der Waals surface area (Å²) in [4.78, 5) is 23.3. The zero-order chi connectivity index (χ0) is 17.1. The summed E-state index contributed by atoms with van der Waals surface area (Å²) >= 11 is 0. The van der Waals surface area contributed by atoms with E-state index in [9.17, 15) is 0 Å². The van der Waals surface area contributed by atoms with Crippen LogP contribution in [0, 0.1) is 12.8 Å². The minimum Gasteiger partial charge on any atom is -0.341 e. The number of aromatic nitrogens is 5. The smallest absolute Gasteiger partial charge is 0.156 e. The Labute approximate surface area is 147 Å². The average molecular weight is 334 g/mol. The van der Waals surface area contributed by atoms with Crippen molar-refractivity contribution in [2.45, 2.75) is 26.3 Å². The first-order valence-electron chi connectivity index (χ1n) is 8.71. The summed E-state index contributed by atoms with van der Waals surface area (Å²) in [6, 6.07) is 8.16. The topological polar surface area (TPSA) is 70.6 Å². The lowest BCUT2D eigenvalue weighted by Crippen LogP contribution is -2.21. The van der Waals surface area contributed by atoms with Gasteiger partial charge in [-0.15, -0.1) is 0 Å². The molecule has 1 aliphatic rings. The summed E-state index contributed by atoms with van der Waals surface area (Å²) in [5.41, 5.74) is 4.13. The fourth-order valence-electron chi connectivity index (χ4n) is 3.42. The summed E-state index contributed by atoms with van der Waals surface area (Å²) in [5, 5.41) is 0. The maximum atomic E-state index is 4.46. The molecule has 0 spiro atoms. The number of aromatic amines is 1. The predicted octanol–water partition coefficient (Wildman–Crippen LogP) is 2.63. The van der Waals surface area contributed by atoms with Crippen molar-refractivity contribution in [3.63, 3.8) is 0 Å². The van der Waals surface area contributed by atoms with Crippen LogP contribution in [0.15, 0.2) is 43.0 Å². The predicted molar refractivity (Wildman–Crippen MR) is 95.7 cm³/mol. The summed E-state index contributed by atoms with van der Waals surface area (Å²) in [6.07, 6.45) is 7.51. The normalized spacial score (nSPS) is 17.9. The molecule has 0 radical (unpaired) electrons. The third-order valence-corrected chi connectivity index (χ3v) is 4.65. The molecule has 1 aliphatic heterocycles. The van der Waals surface area contributed by atoms with Crippen LogP contribution in [0.5, 0.6) is 0 Å². The van der Waals surface area contributed by atoms with Crippen LogP contribution < -0.4 is 0 Å². The van der Waals surface area contributed by atoms with Crippen LogP contribution in [0.3, 0.4) is 0 Å². The Kier molecular flexibility index (Phi) is 4.52. The van der Waals surface area contributed by atoms with E-state index in [2.05, 4.69) is 48.0 Å². The molecule has 6 nitrogen and oxygen atoms in total. The molecule has 0 aromatic carbocycles. The average Bonchev–Trinajstić information content (AvgIpc) is 3.25. The van der Waals surface area contributed by atoms with Crippen LogP contribution in [0.2, 0.25) is 0 Å². The Morgan fingerprint density at radius 2 is 2.12 bits per heavy atom. The fourth-order valence-corrected chi connectivity index (χ4v) is 3.42. The van der Waals surface area contributed by atoms with Gasteiger partial charge >= 0.3 is 0 Å². The van der Waals surface area contributed by atoms with Gasteiger partial charge in [0.05, 0.1) is 5.69 Å². The lowest BCUT2D eigenvalue weighted by molar-refractivity contribution is 0.312. The van der Waals surface area contributed by atoms with E-state index in [-0.39, 0.29) is 0 Å². The van der Waals surface area contributed by atoms with E-state index >= 15 is 0 Å². The van der Waals surface area contributed by atoms with Gasteiger partial charge in [-0.1, -0.05) is 6.07 Å². The standard InChI is InChI=1S/C19H22N6/c1-14-10-21-19(24-14)18-9-17(22-13-23-18)8-15-5-7-25(11-15)12-16-4-2-3-6-20-16/h2-4,6,9-10,13,15H,5,7-8,11-12H2,1H3,(H,21,24). The Morgan fingerprint density at radius 1 is 1.16 bits per heavy atom. The van der Waals surface area contributed by atoms with Gasteiger partial charge in [0.2, 0.25) is 0 Å². The first-order valence-corrected chi connectivity index (χ1v) is 8.71. The molecule has 0 saturated carbocycles. The zero-order valence-electron chi connectivity index (χ0n) is 14.4. The summed E-state index contributed by atoms with van der Waals surface area (Å²) < 4.78 is 0. The number of H-pyrrole nitrogens is 1. The van der Waals surface area contributed by atoms with Crippen molar-refractivity contribution in [1.82, 2.24) is 29.8 Å². The second-order valence-corrected chi connectivity index (χ2v) is 6.72. The molecule has 3 aromatic rings. The number of nitrogens with one attached hydrogen (secondary N) is 1. The molecular formula is C19H22N6. The number of nitrogens with zero attached hydrogens (tertiary/aromatic N) is 5. The van der Waals surface area contributed by atoms with Crippen LogP contribution in [-0.4, -0.2) is 42.9 Å². The monoisotopic (exact) mass is 334 g/mol. The van der Waals surface area contributed by atoms with Gasteiger partial charge in [-0.2, -0.15) is 0 Å². The third-order valence-electron chi connectivity index (χ3n) is 4.65. The van der Waals surface area contributed by atoms with E-state index in [0.717, 1.165) is 54.7 Å². The van der Waals surface area contributed by atoms with E-state index in [1.54, 1.807) is 6.33 Å². The van der Waals surface area contributed by atoms with Gasteiger partial charge in [-0.25, -0.2) is 15.0 Å². The molecule has 4 heterocycles. The van der Waals surface area contributed by atoms with Crippen LogP contribution >= 0.6 is 0 Å². The number of likely N-dealkylation sites (tertiary alicyclic amines) is 1. The quantitative estimate of drug-likeness (QED) is 0.777. The Balaban J connectivity index is 1.38. The number of pyridine rings is 1. The fraction of sp³-hybridized carbons (Fsp3) is 0.368. The summed E-state index contributed by atoms with van der Waals surface area (Å²) in [7, 11) is 0. The highest BCUT2D eigenvalue weighted by molar-refractivity contribution is 5.49. The Morgan fingerprint density at radius 3 is 2.92 bits per heavy atom. The molecule has 25 heavy (non-hydrogen) atoms. The van der Waals surface area contributed by atoms with Crippen LogP contribution in [-0.2, 0) is 13.0 Å². The molecule has 0 aliphatic carbocycles. The highest BCUT2D eigenvalue weighted by atomic mass is 15.1. The van der Waals surface area contributed by atoms with Gasteiger partial charge in [-0.3, -0.25) is 9.88 Å². The van der Waals surface area contributed by atoms with Gasteiger partial charge in [0.25, 0.3) is 0 Å². The van der Waals surface area contributed by atoms with Crippen molar-refractivity contribution in [2.75, 3.05) is 13.1 Å². The van der Waals surface area contributed by atoms with Crippen molar-refractivity contribution in [1.29, 1.82) is 0 Å². The number of hydrogen-bond donors (Lipinski definition) is 1. The third kappa shape index (κ3) is 3.91. The molecule has 1 N–H and O–H groups in total. The highest BCUT2D eigenvalue weighted by Crippen LogP contribution is 2.22. The molecule has 3 aromatic heterocycles. The van der Waals surface area contributed by atoms with E-state index in [0.29, 0.717) is 5.92 Å². The molecule has 6 heteroatoms. The van der Waals surface area contributed by atoms with E-state index < -0.39 is 0 Å². The van der Waals surface area contributed by atoms with Gasteiger partial charge in [-0.05, 0) is 50.4 Å². The largest absolute Gasteiger partial charge is 0.341 e. The maximum Gasteiger partial charge on any atom is 0.156 e. The van der Waals surface area contributed by atoms with E-state index in [1.165, 1.54) is 6.42 Å². The minimum absolute atomic E-state index is 0.629. The SMILES string of the molecule is Cc1cnc(-c2cc(CC3CCN(Cc4ccccn4)C3)ncn2)[nH]1. The molecule has 1 fully saturated rings. The van der Waals surface area contributed by atoms with Gasteiger partial charge in [0.1, 0.15) is 12.0 Å². The second kappa shape index (κ2) is 7.11. The van der Waals surface area contributed by atoms with Crippen molar-refractivity contribution in [3.05, 3.63) is 60.1 Å². The van der Waals surface area contributed by atoms with Crippen LogP contribution in [0.4, 0.5) is 0 Å². The van der Waals surface area contributed by atoms with Crippen molar-refractivity contribution < 1.29 is 0 Å². The molecule has 1 atom stereocenters. The number of hydrogen-bond acceptors (Lipinski definition) is 5. The lowest BCUT2D eigenvalue weighted by atomic mass is 10.0. The van der Waals surface area contributed by atoms with Crippen LogP contribution in [0.1, 0.15) is 23.5 Å². The van der Waals surface area contributed by atoms with Gasteiger partial charge in [0, 0.05) is 36.9 Å². The first kappa shape index (κ1) is 15.9. The van der Waals surface area contributed by atoms with Crippen molar-refractivity contribution in [3.8, 4) is 11.5 Å². The van der Waals surface area contributed by atoms with Crippen LogP contribution in [0.25, 0.3) is 11.5 Å². The first-order chi connectivity index (χ1) is 12.3. The molecule has 1 unspecified atom stereocenters. The van der Waals surface area contributed by atoms with Gasteiger partial charge < -0.3 is 4.98 Å². The Hall–Kier alpha value is -2.60. The maximum absolute atomic E-state index is 4.46. The lowest BCUT2D eigenvalue weighted by Gasteiger charge is -2.15. The zero-order valence-corrected chi connectivity index (χ0v) is 14.4. The minimum atomic E-state index is 0.629. The Bertz CT molecular complexity index is 829. The highest BCUT2D eigenvalue weighted by Gasteiger charge is 2.23. The number of imidazole rings is 1. The molecule has 0 bridgehead atoms. The molecule has 128 valence electrons. The number of rotatable bonds is 5.